The zero-order chi connectivity index (χ0) is 32.3. The molecule has 2 saturated heterocycles. The summed E-state index contributed by atoms with van der Waals surface area (Å²) in [6.45, 7) is 4.41. The molecule has 1 aromatic heterocycles. The summed E-state index contributed by atoms with van der Waals surface area (Å²) in [6.07, 6.45) is 0.403. The number of hydrogen-bond acceptors (Lipinski definition) is 8. The molecule has 2 bridgehead atoms. The van der Waals surface area contributed by atoms with E-state index >= 15 is 4.39 Å². The van der Waals surface area contributed by atoms with Gasteiger partial charge in [-0.3, -0.25) is 18.8 Å². The van der Waals surface area contributed by atoms with Crippen molar-refractivity contribution in [3.05, 3.63) is 18.3 Å². The fourth-order valence-electron chi connectivity index (χ4n) is 8.12. The molecular formula is C31H38F2N6O6. The van der Waals surface area contributed by atoms with E-state index in [1.54, 1.807) is 32.9 Å². The van der Waals surface area contributed by atoms with Gasteiger partial charge in [-0.25, -0.2) is 14.2 Å². The number of nitriles is 1. The van der Waals surface area contributed by atoms with Crippen molar-refractivity contribution in [1.82, 2.24) is 20.1 Å². The van der Waals surface area contributed by atoms with Crippen LogP contribution >= 0.6 is 0 Å². The van der Waals surface area contributed by atoms with Gasteiger partial charge in [0.1, 0.15) is 24.3 Å². The summed E-state index contributed by atoms with van der Waals surface area (Å²) in [5, 5.41) is 15.5. The number of carbonyl (C=O) groups is 4. The van der Waals surface area contributed by atoms with E-state index in [4.69, 9.17) is 9.47 Å². The summed E-state index contributed by atoms with van der Waals surface area (Å²) in [6, 6.07) is 2.15. The molecule has 3 aliphatic heterocycles. The quantitative estimate of drug-likeness (QED) is 0.456. The lowest BCUT2D eigenvalue weighted by atomic mass is 9.77. The molecule has 14 heteroatoms. The first-order valence-corrected chi connectivity index (χ1v) is 15.5. The molecule has 9 atom stereocenters. The third kappa shape index (κ3) is 5.23. The van der Waals surface area contributed by atoms with Gasteiger partial charge in [-0.15, -0.1) is 0 Å². The number of halogens is 2. The van der Waals surface area contributed by atoms with Crippen molar-refractivity contribution in [1.29, 1.82) is 5.26 Å². The Kier molecular flexibility index (Phi) is 7.85. The summed E-state index contributed by atoms with van der Waals surface area (Å²) in [5.41, 5.74) is -2.36. The Morgan fingerprint density at radius 2 is 2.07 bits per heavy atom. The second-order valence-electron chi connectivity index (χ2n) is 13.9. The molecule has 4 fully saturated rings. The van der Waals surface area contributed by atoms with Crippen LogP contribution in [0.4, 0.5) is 19.4 Å². The monoisotopic (exact) mass is 628 g/mol. The number of nitrogens with one attached hydrogen (secondary N) is 2. The fourth-order valence-corrected chi connectivity index (χ4v) is 8.12. The van der Waals surface area contributed by atoms with E-state index in [1.165, 1.54) is 16.0 Å². The second-order valence-corrected chi connectivity index (χ2v) is 13.9. The Morgan fingerprint density at radius 3 is 2.78 bits per heavy atom. The maximum atomic E-state index is 15.2. The number of anilines is 1. The van der Waals surface area contributed by atoms with Crippen LogP contribution in [-0.2, 0) is 19.1 Å². The minimum Gasteiger partial charge on any atom is -0.472 e. The van der Waals surface area contributed by atoms with Crippen molar-refractivity contribution in [2.45, 2.75) is 76.4 Å². The average Bonchev–Trinajstić information content (AvgIpc) is 3.75. The van der Waals surface area contributed by atoms with Gasteiger partial charge >= 0.3 is 6.09 Å². The average molecular weight is 629 g/mol. The molecule has 1 aromatic rings. The van der Waals surface area contributed by atoms with Gasteiger partial charge in [-0.1, -0.05) is 20.8 Å². The van der Waals surface area contributed by atoms with Crippen molar-refractivity contribution >= 4 is 29.6 Å². The Labute approximate surface area is 259 Å². The first-order valence-electron chi connectivity index (χ1n) is 15.5. The van der Waals surface area contributed by atoms with E-state index in [0.29, 0.717) is 18.6 Å². The number of alkyl halides is 2. The zero-order valence-corrected chi connectivity index (χ0v) is 25.5. The number of pyridine rings is 1. The molecular weight excluding hydrogens is 590 g/mol. The van der Waals surface area contributed by atoms with Gasteiger partial charge < -0.3 is 29.9 Å². The van der Waals surface area contributed by atoms with E-state index in [2.05, 4.69) is 21.7 Å². The fraction of sp³-hybridized carbons (Fsp3) is 0.677. The van der Waals surface area contributed by atoms with Crippen LogP contribution in [0.3, 0.4) is 0 Å². The van der Waals surface area contributed by atoms with Crippen LogP contribution in [0.1, 0.15) is 46.5 Å². The lowest BCUT2D eigenvalue weighted by Gasteiger charge is -2.38. The number of ether oxygens (including phenoxy) is 2. The predicted octanol–water partition coefficient (Wildman–Crippen LogP) is 2.60. The van der Waals surface area contributed by atoms with E-state index in [0.717, 1.165) is 0 Å². The van der Waals surface area contributed by atoms with Gasteiger partial charge in [0.2, 0.25) is 17.4 Å². The summed E-state index contributed by atoms with van der Waals surface area (Å²) >= 11 is 0. The zero-order valence-electron chi connectivity index (χ0n) is 25.5. The number of nitrogens with zero attached hydrogens (tertiary/aromatic N) is 4. The largest absolute Gasteiger partial charge is 0.472 e. The van der Waals surface area contributed by atoms with Crippen molar-refractivity contribution in [3.63, 3.8) is 0 Å². The third-order valence-corrected chi connectivity index (χ3v) is 10.2. The minimum absolute atomic E-state index is 0.00273. The van der Waals surface area contributed by atoms with Crippen molar-refractivity contribution in [2.24, 2.45) is 29.1 Å². The first kappa shape index (κ1) is 31.0. The van der Waals surface area contributed by atoms with Crippen LogP contribution in [0, 0.1) is 40.4 Å². The molecule has 45 heavy (non-hydrogen) atoms. The van der Waals surface area contributed by atoms with Gasteiger partial charge in [-0.05, 0) is 54.1 Å². The number of fused-ring (bicyclic) bond motifs is 6. The summed E-state index contributed by atoms with van der Waals surface area (Å²) in [5.74, 6) is -2.09. The highest BCUT2D eigenvalue weighted by atomic mass is 19.1. The van der Waals surface area contributed by atoms with E-state index < -0.39 is 77.6 Å². The lowest BCUT2D eigenvalue weighted by molar-refractivity contribution is -0.149. The van der Waals surface area contributed by atoms with Crippen LogP contribution < -0.4 is 15.4 Å². The molecule has 4 amide bonds. The normalized spacial score (nSPS) is 33.6. The van der Waals surface area contributed by atoms with Gasteiger partial charge in [-0.2, -0.15) is 5.26 Å². The van der Waals surface area contributed by atoms with E-state index in [9.17, 15) is 28.8 Å². The predicted molar refractivity (Wildman–Crippen MR) is 154 cm³/mol. The molecule has 1 spiro atoms. The summed E-state index contributed by atoms with van der Waals surface area (Å²) in [7, 11) is 0. The SMILES string of the molecule is CC(C)(C)C(NC(=O)OCCCF)C(=O)N1CC2C3CC(F)C(C3)C2C1C(=O)N1CC2(CC1C#N)Oc1cccnc1NC2=O. The highest BCUT2D eigenvalue weighted by molar-refractivity contribution is 6.01. The van der Waals surface area contributed by atoms with Crippen LogP contribution in [0.5, 0.6) is 5.75 Å². The molecule has 9 unspecified atom stereocenters. The number of likely N-dealkylation sites (tertiary alicyclic amines) is 2. The first-order chi connectivity index (χ1) is 21.4. The Bertz CT molecular complexity index is 1430. The number of hydrogen-bond donors (Lipinski definition) is 2. The van der Waals surface area contributed by atoms with Gasteiger partial charge in [0.15, 0.2) is 11.6 Å². The molecule has 2 N–H and O–H groups in total. The number of amides is 4. The number of carbonyl (C=O) groups excluding carboxylic acids is 4. The highest BCUT2D eigenvalue weighted by Crippen LogP contribution is 2.59. The number of rotatable bonds is 6. The highest BCUT2D eigenvalue weighted by Gasteiger charge is 2.65. The van der Waals surface area contributed by atoms with Crippen molar-refractivity contribution in [2.75, 3.05) is 31.7 Å². The van der Waals surface area contributed by atoms with Gasteiger partial charge in [0.25, 0.3) is 5.91 Å². The molecule has 12 nitrogen and oxygen atoms in total. The standard InChI is InChI=1S/C31H38F2N6O6/c1-30(2,3)24(36-29(43)44-9-5-7-32)27(41)38-14-19-16-10-18(20(33)11-16)22(19)23(38)26(40)39-15-31(12-17(39)13-34)28(42)37-25-21(45-31)6-4-8-35-25/h4,6,8,16-20,22-24H,5,7,9-12,14-15H2,1-3H3,(H,36,43)(H,35,37,42). The van der Waals surface area contributed by atoms with E-state index in [-0.39, 0.29) is 50.2 Å². The Morgan fingerprint density at radius 1 is 1.29 bits per heavy atom. The third-order valence-electron chi connectivity index (χ3n) is 10.2. The Balaban J connectivity index is 1.31. The van der Waals surface area contributed by atoms with E-state index in [1.807, 2.05) is 0 Å². The van der Waals surface area contributed by atoms with Crippen LogP contribution in [-0.4, -0.2) is 94.9 Å². The van der Waals surface area contributed by atoms with Crippen molar-refractivity contribution in [3.8, 4) is 11.8 Å². The molecule has 2 saturated carbocycles. The molecule has 0 radical (unpaired) electrons. The molecule has 242 valence electrons. The molecule has 5 aliphatic rings. The van der Waals surface area contributed by atoms with Crippen LogP contribution in [0.15, 0.2) is 18.3 Å². The maximum Gasteiger partial charge on any atom is 0.407 e. The van der Waals surface area contributed by atoms with Crippen LogP contribution in [0.25, 0.3) is 0 Å². The topological polar surface area (TPSA) is 154 Å². The maximum absolute atomic E-state index is 15.2. The molecule has 4 heterocycles. The number of aromatic nitrogens is 1. The summed E-state index contributed by atoms with van der Waals surface area (Å²) < 4.78 is 39.0. The minimum atomic E-state index is -1.55. The smallest absolute Gasteiger partial charge is 0.407 e. The Hall–Kier alpha value is -4.02. The van der Waals surface area contributed by atoms with Crippen LogP contribution in [0.2, 0.25) is 0 Å². The molecule has 0 aromatic carbocycles. The van der Waals surface area contributed by atoms with Gasteiger partial charge in [0, 0.05) is 25.6 Å². The molecule has 2 aliphatic carbocycles. The summed E-state index contributed by atoms with van der Waals surface area (Å²) in [4.78, 5) is 61.7. The molecule has 6 rings (SSSR count). The lowest BCUT2D eigenvalue weighted by Crippen LogP contribution is -2.60. The van der Waals surface area contributed by atoms with Crippen molar-refractivity contribution < 1.29 is 37.4 Å². The van der Waals surface area contributed by atoms with Gasteiger partial charge in [0.05, 0.1) is 25.9 Å². The number of alkyl carbamates (subject to hydrolysis) is 1. The second kappa shape index (κ2) is 11.4.